The van der Waals surface area contributed by atoms with E-state index in [0.29, 0.717) is 6.61 Å². The molecule has 0 aliphatic carbocycles. The van der Waals surface area contributed by atoms with E-state index in [1.807, 2.05) is 19.9 Å². The summed E-state index contributed by atoms with van der Waals surface area (Å²) < 4.78 is 4.93. The number of rotatable bonds is 5. The summed E-state index contributed by atoms with van der Waals surface area (Å²) in [6, 6.07) is 0. The van der Waals surface area contributed by atoms with Crippen LogP contribution in [-0.2, 0) is 9.53 Å². The number of carbonyl (C=O) groups excluding carboxylic acids is 1. The standard InChI is InChI=1S/C11H18O2/c1-4-5-6-7-8-13-11(12)9-10(2)3/h5-6,9H,4,7-8H2,1-3H3/b6-5-. The van der Waals surface area contributed by atoms with E-state index in [9.17, 15) is 4.79 Å². The first-order chi connectivity index (χ1) is 6.16. The molecular formula is C11H18O2. The summed E-state index contributed by atoms with van der Waals surface area (Å²) in [4.78, 5) is 11.0. The van der Waals surface area contributed by atoms with Gasteiger partial charge in [0.2, 0.25) is 0 Å². The average Bonchev–Trinajstić information content (AvgIpc) is 2.02. The van der Waals surface area contributed by atoms with E-state index in [1.54, 1.807) is 0 Å². The fourth-order valence-corrected chi connectivity index (χ4v) is 0.789. The SMILES string of the molecule is CC/C=C\CCOC(=O)C=C(C)C. The first-order valence-corrected chi connectivity index (χ1v) is 4.63. The highest BCUT2D eigenvalue weighted by atomic mass is 16.5. The van der Waals surface area contributed by atoms with Crippen LogP contribution in [0.15, 0.2) is 23.8 Å². The molecular weight excluding hydrogens is 164 g/mol. The summed E-state index contributed by atoms with van der Waals surface area (Å²) in [5, 5.41) is 0. The Bertz CT molecular complexity index is 198. The van der Waals surface area contributed by atoms with Crippen molar-refractivity contribution in [1.29, 1.82) is 0 Å². The average molecular weight is 182 g/mol. The maximum absolute atomic E-state index is 11.0. The van der Waals surface area contributed by atoms with Crippen LogP contribution in [0.25, 0.3) is 0 Å². The number of allylic oxidation sites excluding steroid dienone is 2. The summed E-state index contributed by atoms with van der Waals surface area (Å²) >= 11 is 0. The summed E-state index contributed by atoms with van der Waals surface area (Å²) in [7, 11) is 0. The van der Waals surface area contributed by atoms with Crippen LogP contribution >= 0.6 is 0 Å². The second-order valence-electron chi connectivity index (χ2n) is 3.06. The Labute approximate surface area is 80.3 Å². The van der Waals surface area contributed by atoms with Crippen LogP contribution in [0, 0.1) is 0 Å². The number of ether oxygens (including phenoxy) is 1. The lowest BCUT2D eigenvalue weighted by molar-refractivity contribution is -0.137. The van der Waals surface area contributed by atoms with Crippen LogP contribution in [0.2, 0.25) is 0 Å². The Hall–Kier alpha value is -1.05. The zero-order valence-electron chi connectivity index (χ0n) is 8.67. The lowest BCUT2D eigenvalue weighted by atomic mass is 10.3. The molecule has 0 radical (unpaired) electrons. The van der Waals surface area contributed by atoms with Gasteiger partial charge in [-0.15, -0.1) is 0 Å². The third-order valence-electron chi connectivity index (χ3n) is 1.34. The second-order valence-corrected chi connectivity index (χ2v) is 3.06. The van der Waals surface area contributed by atoms with Gasteiger partial charge in [0.1, 0.15) is 0 Å². The minimum atomic E-state index is -0.245. The van der Waals surface area contributed by atoms with Gasteiger partial charge in [0, 0.05) is 6.08 Å². The predicted molar refractivity (Wildman–Crippen MR) is 54.4 cm³/mol. The summed E-state index contributed by atoms with van der Waals surface area (Å²) in [6.45, 7) is 6.29. The summed E-state index contributed by atoms with van der Waals surface area (Å²) in [6.07, 6.45) is 7.42. The Balaban J connectivity index is 3.49. The third kappa shape index (κ3) is 8.86. The van der Waals surface area contributed by atoms with Crippen LogP contribution in [0.3, 0.4) is 0 Å². The number of carbonyl (C=O) groups is 1. The van der Waals surface area contributed by atoms with Crippen molar-refractivity contribution in [2.24, 2.45) is 0 Å². The Morgan fingerprint density at radius 3 is 2.54 bits per heavy atom. The first kappa shape index (κ1) is 11.9. The van der Waals surface area contributed by atoms with Gasteiger partial charge < -0.3 is 4.74 Å². The molecule has 0 saturated heterocycles. The van der Waals surface area contributed by atoms with Crippen molar-refractivity contribution < 1.29 is 9.53 Å². The first-order valence-electron chi connectivity index (χ1n) is 4.63. The Morgan fingerprint density at radius 1 is 1.31 bits per heavy atom. The van der Waals surface area contributed by atoms with E-state index in [-0.39, 0.29) is 5.97 Å². The van der Waals surface area contributed by atoms with E-state index in [2.05, 4.69) is 13.0 Å². The molecule has 13 heavy (non-hydrogen) atoms. The van der Waals surface area contributed by atoms with Crippen molar-refractivity contribution in [3.63, 3.8) is 0 Å². The Kier molecular flexibility index (Phi) is 6.98. The van der Waals surface area contributed by atoms with E-state index >= 15 is 0 Å². The van der Waals surface area contributed by atoms with E-state index in [4.69, 9.17) is 4.74 Å². The van der Waals surface area contributed by atoms with E-state index in [0.717, 1.165) is 18.4 Å². The number of hydrogen-bond donors (Lipinski definition) is 0. The molecule has 0 fully saturated rings. The highest BCUT2D eigenvalue weighted by Gasteiger charge is 1.94. The highest BCUT2D eigenvalue weighted by Crippen LogP contribution is 1.93. The molecule has 0 amide bonds. The fourth-order valence-electron chi connectivity index (χ4n) is 0.789. The molecule has 0 unspecified atom stereocenters. The molecule has 0 heterocycles. The second kappa shape index (κ2) is 7.59. The molecule has 0 aromatic rings. The minimum Gasteiger partial charge on any atom is -0.462 e. The van der Waals surface area contributed by atoms with Gasteiger partial charge in [-0.2, -0.15) is 0 Å². The number of hydrogen-bond acceptors (Lipinski definition) is 2. The molecule has 0 spiro atoms. The van der Waals surface area contributed by atoms with Gasteiger partial charge >= 0.3 is 5.97 Å². The van der Waals surface area contributed by atoms with Gasteiger partial charge in [0.15, 0.2) is 0 Å². The number of esters is 1. The van der Waals surface area contributed by atoms with Crippen molar-refractivity contribution in [2.45, 2.75) is 33.6 Å². The third-order valence-corrected chi connectivity index (χ3v) is 1.34. The normalized spacial score (nSPS) is 10.1. The van der Waals surface area contributed by atoms with Crippen LogP contribution in [0.4, 0.5) is 0 Å². The van der Waals surface area contributed by atoms with Crippen LogP contribution < -0.4 is 0 Å². The molecule has 74 valence electrons. The molecule has 0 bridgehead atoms. The lowest BCUT2D eigenvalue weighted by Crippen LogP contribution is -2.01. The maximum Gasteiger partial charge on any atom is 0.330 e. The molecule has 0 rings (SSSR count). The monoisotopic (exact) mass is 182 g/mol. The van der Waals surface area contributed by atoms with Crippen LogP contribution in [-0.4, -0.2) is 12.6 Å². The van der Waals surface area contributed by atoms with Gasteiger partial charge in [-0.05, 0) is 26.7 Å². The molecule has 0 N–H and O–H groups in total. The zero-order chi connectivity index (χ0) is 10.1. The maximum atomic E-state index is 11.0. The molecule has 2 nitrogen and oxygen atoms in total. The molecule has 0 aliphatic heterocycles. The lowest BCUT2D eigenvalue weighted by Gasteiger charge is -1.98. The van der Waals surface area contributed by atoms with Gasteiger partial charge in [-0.3, -0.25) is 0 Å². The molecule has 0 aromatic heterocycles. The van der Waals surface area contributed by atoms with Gasteiger partial charge in [0.05, 0.1) is 6.61 Å². The molecule has 0 atom stereocenters. The molecule has 0 saturated carbocycles. The van der Waals surface area contributed by atoms with Crippen molar-refractivity contribution in [2.75, 3.05) is 6.61 Å². The topological polar surface area (TPSA) is 26.3 Å². The smallest absolute Gasteiger partial charge is 0.330 e. The van der Waals surface area contributed by atoms with Gasteiger partial charge in [-0.25, -0.2) is 4.79 Å². The van der Waals surface area contributed by atoms with Crippen molar-refractivity contribution >= 4 is 5.97 Å². The Morgan fingerprint density at radius 2 is 2.00 bits per heavy atom. The van der Waals surface area contributed by atoms with E-state index < -0.39 is 0 Å². The van der Waals surface area contributed by atoms with E-state index in [1.165, 1.54) is 6.08 Å². The minimum absolute atomic E-state index is 0.245. The molecule has 0 aromatic carbocycles. The quantitative estimate of drug-likeness (QED) is 0.283. The van der Waals surface area contributed by atoms with Crippen molar-refractivity contribution in [3.05, 3.63) is 23.8 Å². The largest absolute Gasteiger partial charge is 0.462 e. The van der Waals surface area contributed by atoms with Crippen molar-refractivity contribution in [3.8, 4) is 0 Å². The fraction of sp³-hybridized carbons (Fsp3) is 0.545. The van der Waals surface area contributed by atoms with Gasteiger partial charge in [-0.1, -0.05) is 24.6 Å². The molecule has 0 aliphatic rings. The van der Waals surface area contributed by atoms with Crippen LogP contribution in [0.5, 0.6) is 0 Å². The van der Waals surface area contributed by atoms with Crippen molar-refractivity contribution in [1.82, 2.24) is 0 Å². The summed E-state index contributed by atoms with van der Waals surface area (Å²) in [5.74, 6) is -0.245. The summed E-state index contributed by atoms with van der Waals surface area (Å²) in [5.41, 5.74) is 0.967. The predicted octanol–water partition coefficient (Wildman–Crippen LogP) is 2.85. The molecule has 2 heteroatoms. The highest BCUT2D eigenvalue weighted by molar-refractivity contribution is 5.82. The van der Waals surface area contributed by atoms with Gasteiger partial charge in [0.25, 0.3) is 0 Å². The zero-order valence-corrected chi connectivity index (χ0v) is 8.67. The van der Waals surface area contributed by atoms with Crippen LogP contribution in [0.1, 0.15) is 33.6 Å².